The van der Waals surface area contributed by atoms with E-state index in [0.29, 0.717) is 25.3 Å². The zero-order valence-corrected chi connectivity index (χ0v) is 13.7. The first-order valence-electron chi connectivity index (χ1n) is 8.24. The van der Waals surface area contributed by atoms with Gasteiger partial charge in [-0.2, -0.15) is 0 Å². The van der Waals surface area contributed by atoms with Crippen molar-refractivity contribution in [3.05, 3.63) is 59.4 Å². The van der Waals surface area contributed by atoms with Crippen LogP contribution >= 0.6 is 0 Å². The molecule has 0 amide bonds. The zero-order chi connectivity index (χ0) is 16.9. The van der Waals surface area contributed by atoms with Gasteiger partial charge in [0, 0.05) is 12.6 Å². The van der Waals surface area contributed by atoms with Gasteiger partial charge in [0.1, 0.15) is 19.0 Å². The Labute approximate surface area is 141 Å². The number of hydrogen-bond acceptors (Lipinski definition) is 4. The molecule has 5 heteroatoms. The Morgan fingerprint density at radius 2 is 1.71 bits per heavy atom. The van der Waals surface area contributed by atoms with Gasteiger partial charge in [-0.05, 0) is 41.8 Å². The highest BCUT2D eigenvalue weighted by molar-refractivity contribution is 5.44. The maximum absolute atomic E-state index is 13.0. The summed E-state index contributed by atoms with van der Waals surface area (Å²) in [5.74, 6) is 1.23. The van der Waals surface area contributed by atoms with E-state index in [1.807, 2.05) is 18.2 Å². The van der Waals surface area contributed by atoms with Gasteiger partial charge in [0.25, 0.3) is 0 Å². The van der Waals surface area contributed by atoms with E-state index in [1.165, 1.54) is 12.1 Å². The molecule has 3 rings (SSSR count). The van der Waals surface area contributed by atoms with Gasteiger partial charge in [0.15, 0.2) is 11.5 Å². The van der Waals surface area contributed by atoms with Crippen LogP contribution in [-0.2, 0) is 0 Å². The number of nitrogens with one attached hydrogen (secondary N) is 1. The Bertz CT molecular complexity index is 675. The van der Waals surface area contributed by atoms with E-state index in [2.05, 4.69) is 12.2 Å². The molecular weight excluding hydrogens is 309 g/mol. The molecule has 2 aromatic carbocycles. The van der Waals surface area contributed by atoms with Gasteiger partial charge in [-0.15, -0.1) is 0 Å². The highest BCUT2D eigenvalue weighted by Gasteiger charge is 2.17. The summed E-state index contributed by atoms with van der Waals surface area (Å²) in [4.78, 5) is 0. The second-order valence-corrected chi connectivity index (χ2v) is 5.84. The number of fused-ring (bicyclic) bond motifs is 1. The third-order valence-corrected chi connectivity index (χ3v) is 4.19. The molecule has 0 spiro atoms. The minimum absolute atomic E-state index is 0.0934. The Balaban J connectivity index is 1.65. The van der Waals surface area contributed by atoms with Gasteiger partial charge in [-0.3, -0.25) is 0 Å². The third kappa shape index (κ3) is 3.86. The Hall–Kier alpha value is -2.11. The molecule has 0 radical (unpaired) electrons. The van der Waals surface area contributed by atoms with E-state index in [9.17, 15) is 9.50 Å². The number of aliphatic hydroxyl groups is 1. The molecule has 1 aliphatic heterocycles. The molecule has 1 aliphatic rings. The lowest BCUT2D eigenvalue weighted by Gasteiger charge is -2.23. The summed E-state index contributed by atoms with van der Waals surface area (Å²) >= 11 is 0. The highest BCUT2D eigenvalue weighted by Crippen LogP contribution is 2.33. The molecule has 0 aromatic heterocycles. The van der Waals surface area contributed by atoms with Crippen LogP contribution in [0.2, 0.25) is 0 Å². The van der Waals surface area contributed by atoms with Crippen LogP contribution < -0.4 is 14.8 Å². The maximum atomic E-state index is 13.0. The topological polar surface area (TPSA) is 50.7 Å². The van der Waals surface area contributed by atoms with Crippen LogP contribution in [0.15, 0.2) is 42.5 Å². The molecule has 2 N–H and O–H groups in total. The summed E-state index contributed by atoms with van der Waals surface area (Å²) in [6.07, 6.45) is 0.187. The minimum Gasteiger partial charge on any atom is -0.486 e. The van der Waals surface area contributed by atoms with Crippen LogP contribution in [-0.4, -0.2) is 24.9 Å². The largest absolute Gasteiger partial charge is 0.486 e. The molecule has 0 fully saturated rings. The van der Waals surface area contributed by atoms with Gasteiger partial charge in [-0.1, -0.05) is 25.1 Å². The van der Waals surface area contributed by atoms with Crippen LogP contribution in [0.4, 0.5) is 4.39 Å². The van der Waals surface area contributed by atoms with E-state index in [1.54, 1.807) is 12.1 Å². The molecule has 24 heavy (non-hydrogen) atoms. The van der Waals surface area contributed by atoms with Gasteiger partial charge >= 0.3 is 0 Å². The zero-order valence-electron chi connectivity index (χ0n) is 13.7. The molecule has 0 aliphatic carbocycles. The summed E-state index contributed by atoms with van der Waals surface area (Å²) in [5, 5.41) is 13.6. The minimum atomic E-state index is -0.683. The normalized spacial score (nSPS) is 15.8. The molecule has 0 saturated heterocycles. The second kappa shape index (κ2) is 7.64. The van der Waals surface area contributed by atoms with E-state index in [-0.39, 0.29) is 11.9 Å². The first-order valence-corrected chi connectivity index (χ1v) is 8.24. The molecule has 4 nitrogen and oxygen atoms in total. The summed E-state index contributed by atoms with van der Waals surface area (Å²) in [6, 6.07) is 11.9. The lowest BCUT2D eigenvalue weighted by molar-refractivity contribution is 0.167. The van der Waals surface area contributed by atoms with Crippen LogP contribution in [0.5, 0.6) is 11.5 Å². The molecule has 128 valence electrons. The molecule has 2 unspecified atom stereocenters. The van der Waals surface area contributed by atoms with Crippen molar-refractivity contribution in [3.8, 4) is 11.5 Å². The molecule has 2 atom stereocenters. The van der Waals surface area contributed by atoms with Crippen molar-refractivity contribution in [1.29, 1.82) is 0 Å². The van der Waals surface area contributed by atoms with E-state index in [0.717, 1.165) is 23.5 Å². The number of aliphatic hydroxyl groups excluding tert-OH is 1. The quantitative estimate of drug-likeness (QED) is 0.852. The number of ether oxygens (including phenoxy) is 2. The summed E-state index contributed by atoms with van der Waals surface area (Å²) in [7, 11) is 0. The summed E-state index contributed by atoms with van der Waals surface area (Å²) < 4.78 is 24.1. The molecule has 2 aromatic rings. The first kappa shape index (κ1) is 16.7. The third-order valence-electron chi connectivity index (χ3n) is 4.19. The van der Waals surface area contributed by atoms with Crippen molar-refractivity contribution < 1.29 is 19.0 Å². The van der Waals surface area contributed by atoms with Crippen LogP contribution in [0.3, 0.4) is 0 Å². The Morgan fingerprint density at radius 3 is 2.42 bits per heavy atom. The average molecular weight is 331 g/mol. The van der Waals surface area contributed by atoms with Crippen molar-refractivity contribution in [1.82, 2.24) is 5.32 Å². The fraction of sp³-hybridized carbons (Fsp3) is 0.368. The predicted molar refractivity (Wildman–Crippen MR) is 89.8 cm³/mol. The number of hydrogen-bond donors (Lipinski definition) is 2. The fourth-order valence-corrected chi connectivity index (χ4v) is 2.83. The standard InChI is InChI=1S/C19H22FNO3/c1-2-16(14-5-8-18-19(11-14)24-10-9-23-18)21-12-17(22)13-3-6-15(20)7-4-13/h3-8,11,16-17,21-22H,2,9-10,12H2,1H3. The highest BCUT2D eigenvalue weighted by atomic mass is 19.1. The lowest BCUT2D eigenvalue weighted by atomic mass is 10.0. The van der Waals surface area contributed by atoms with Crippen molar-refractivity contribution in [3.63, 3.8) is 0 Å². The van der Waals surface area contributed by atoms with Crippen molar-refractivity contribution in [2.24, 2.45) is 0 Å². The average Bonchev–Trinajstić information content (AvgIpc) is 2.62. The van der Waals surface area contributed by atoms with Crippen LogP contribution in [0.1, 0.15) is 36.6 Å². The van der Waals surface area contributed by atoms with Crippen molar-refractivity contribution in [2.45, 2.75) is 25.5 Å². The van der Waals surface area contributed by atoms with E-state index in [4.69, 9.17) is 9.47 Å². The monoisotopic (exact) mass is 331 g/mol. The lowest BCUT2D eigenvalue weighted by Crippen LogP contribution is -2.26. The predicted octanol–water partition coefficient (Wildman–Crippen LogP) is 3.37. The van der Waals surface area contributed by atoms with Crippen LogP contribution in [0, 0.1) is 5.82 Å². The van der Waals surface area contributed by atoms with Gasteiger partial charge in [-0.25, -0.2) is 4.39 Å². The van der Waals surface area contributed by atoms with Gasteiger partial charge in [0.2, 0.25) is 0 Å². The Morgan fingerprint density at radius 1 is 1.04 bits per heavy atom. The molecular formula is C19H22FNO3. The smallest absolute Gasteiger partial charge is 0.161 e. The number of halogens is 1. The van der Waals surface area contributed by atoms with E-state index >= 15 is 0 Å². The van der Waals surface area contributed by atoms with Gasteiger partial charge < -0.3 is 19.9 Å². The second-order valence-electron chi connectivity index (χ2n) is 5.84. The number of benzene rings is 2. The van der Waals surface area contributed by atoms with E-state index < -0.39 is 6.10 Å². The summed E-state index contributed by atoms with van der Waals surface area (Å²) in [5.41, 5.74) is 1.79. The Kier molecular flexibility index (Phi) is 5.33. The SMILES string of the molecule is CCC(NCC(O)c1ccc(F)cc1)c1ccc2c(c1)OCCO2. The number of rotatable bonds is 6. The van der Waals surface area contributed by atoms with Crippen molar-refractivity contribution in [2.75, 3.05) is 19.8 Å². The fourth-order valence-electron chi connectivity index (χ4n) is 2.83. The molecule has 0 saturated carbocycles. The van der Waals surface area contributed by atoms with Crippen molar-refractivity contribution >= 4 is 0 Å². The first-order chi connectivity index (χ1) is 11.7. The maximum Gasteiger partial charge on any atom is 0.161 e. The van der Waals surface area contributed by atoms with Gasteiger partial charge in [0.05, 0.1) is 6.10 Å². The molecule has 1 heterocycles. The molecule has 0 bridgehead atoms. The summed E-state index contributed by atoms with van der Waals surface area (Å²) in [6.45, 7) is 3.60. The van der Waals surface area contributed by atoms with Crippen LogP contribution in [0.25, 0.3) is 0 Å².